The fourth-order valence-electron chi connectivity index (χ4n) is 2.53. The van der Waals surface area contributed by atoms with Crippen LogP contribution in [0.5, 0.6) is 0 Å². The maximum atomic E-state index is 10.5. The standard InChI is InChI=1S/C16H31NO2.3C2H6/c1-7-12(8-2)16(18)13(11(4)5)10-14(17)15(9-3)19-6;3*1-2/h7-8,11,13-16,18H,1,9-10,17H2,2-6H3;3*1-2H3/b12-8+;;;/t13?,14-,15-,16?;;;/m0.../s1. The van der Waals surface area contributed by atoms with Gasteiger partial charge in [0.2, 0.25) is 0 Å². The molecule has 0 saturated carbocycles. The van der Waals surface area contributed by atoms with Crippen LogP contribution in [0.3, 0.4) is 0 Å². The number of allylic oxidation sites excluding steroid dienone is 1. The summed E-state index contributed by atoms with van der Waals surface area (Å²) in [6.07, 6.45) is 4.80. The molecule has 2 unspecified atom stereocenters. The van der Waals surface area contributed by atoms with Gasteiger partial charge in [0, 0.05) is 13.2 Å². The molecule has 0 fully saturated rings. The van der Waals surface area contributed by atoms with Crippen molar-refractivity contribution in [3.8, 4) is 0 Å². The molecule has 0 saturated heterocycles. The third-order valence-electron chi connectivity index (χ3n) is 3.90. The number of aliphatic hydroxyl groups is 1. The number of methoxy groups -OCH3 is 1. The van der Waals surface area contributed by atoms with Crippen LogP contribution in [-0.2, 0) is 4.74 Å². The normalized spacial score (nSPS) is 15.2. The molecule has 0 radical (unpaired) electrons. The molecule has 0 aliphatic heterocycles. The van der Waals surface area contributed by atoms with Crippen molar-refractivity contribution in [3.05, 3.63) is 24.3 Å². The molecular formula is C22H49NO2. The summed E-state index contributed by atoms with van der Waals surface area (Å²) in [7, 11) is 1.69. The summed E-state index contributed by atoms with van der Waals surface area (Å²) in [5.74, 6) is 0.466. The highest BCUT2D eigenvalue weighted by Gasteiger charge is 2.28. The SMILES string of the molecule is C=C/C(=C\C)C(O)C(C[C@H](N)[C@H](CC)OC)C(C)C.CC.CC.CC. The summed E-state index contributed by atoms with van der Waals surface area (Å²) in [5.41, 5.74) is 7.09. The largest absolute Gasteiger partial charge is 0.388 e. The Morgan fingerprint density at radius 3 is 1.80 bits per heavy atom. The maximum absolute atomic E-state index is 10.5. The third kappa shape index (κ3) is 14.2. The van der Waals surface area contributed by atoms with Crippen LogP contribution in [-0.4, -0.2) is 30.5 Å². The van der Waals surface area contributed by atoms with Crippen LogP contribution in [0.4, 0.5) is 0 Å². The summed E-state index contributed by atoms with van der Waals surface area (Å²) >= 11 is 0. The van der Waals surface area contributed by atoms with Gasteiger partial charge in [-0.3, -0.25) is 0 Å². The lowest BCUT2D eigenvalue weighted by molar-refractivity contribution is 0.0469. The molecule has 154 valence electrons. The van der Waals surface area contributed by atoms with E-state index in [1.807, 2.05) is 54.5 Å². The van der Waals surface area contributed by atoms with E-state index in [-0.39, 0.29) is 18.1 Å². The molecule has 0 aromatic carbocycles. The van der Waals surface area contributed by atoms with Gasteiger partial charge < -0.3 is 15.6 Å². The molecule has 0 aromatic rings. The average molecular weight is 360 g/mol. The van der Waals surface area contributed by atoms with Gasteiger partial charge in [-0.25, -0.2) is 0 Å². The fraction of sp³-hybridized carbons (Fsp3) is 0.818. The first-order valence-electron chi connectivity index (χ1n) is 10.2. The van der Waals surface area contributed by atoms with Crippen LogP contribution in [0.25, 0.3) is 0 Å². The van der Waals surface area contributed by atoms with Crippen LogP contribution < -0.4 is 5.73 Å². The topological polar surface area (TPSA) is 55.5 Å². The van der Waals surface area contributed by atoms with E-state index in [4.69, 9.17) is 10.5 Å². The Kier molecular flexibility index (Phi) is 30.0. The first-order valence-corrected chi connectivity index (χ1v) is 10.2. The summed E-state index contributed by atoms with van der Waals surface area (Å²) < 4.78 is 5.39. The van der Waals surface area contributed by atoms with Gasteiger partial charge >= 0.3 is 0 Å². The molecule has 25 heavy (non-hydrogen) atoms. The van der Waals surface area contributed by atoms with E-state index in [9.17, 15) is 5.11 Å². The minimum absolute atomic E-state index is 0.0474. The Bertz CT molecular complexity index is 284. The molecule has 0 bridgehead atoms. The highest BCUT2D eigenvalue weighted by molar-refractivity contribution is 5.21. The van der Waals surface area contributed by atoms with E-state index in [2.05, 4.69) is 27.4 Å². The van der Waals surface area contributed by atoms with Crippen molar-refractivity contribution in [2.75, 3.05) is 7.11 Å². The highest BCUT2D eigenvalue weighted by Crippen LogP contribution is 2.27. The van der Waals surface area contributed by atoms with Gasteiger partial charge in [-0.05, 0) is 37.2 Å². The van der Waals surface area contributed by atoms with Crippen molar-refractivity contribution in [1.82, 2.24) is 0 Å². The Hall–Kier alpha value is -0.640. The van der Waals surface area contributed by atoms with Gasteiger partial charge in [-0.15, -0.1) is 0 Å². The predicted molar refractivity (Wildman–Crippen MR) is 116 cm³/mol. The fourth-order valence-corrected chi connectivity index (χ4v) is 2.53. The van der Waals surface area contributed by atoms with E-state index < -0.39 is 6.10 Å². The smallest absolute Gasteiger partial charge is 0.0817 e. The van der Waals surface area contributed by atoms with Crippen molar-refractivity contribution in [1.29, 1.82) is 0 Å². The minimum atomic E-state index is -0.511. The maximum Gasteiger partial charge on any atom is 0.0817 e. The minimum Gasteiger partial charge on any atom is -0.388 e. The zero-order chi connectivity index (χ0) is 21.0. The van der Waals surface area contributed by atoms with E-state index in [1.165, 1.54) is 0 Å². The number of ether oxygens (including phenoxy) is 1. The highest BCUT2D eigenvalue weighted by atomic mass is 16.5. The summed E-state index contributed by atoms with van der Waals surface area (Å²) in [4.78, 5) is 0. The van der Waals surface area contributed by atoms with Crippen molar-refractivity contribution >= 4 is 0 Å². The van der Waals surface area contributed by atoms with Gasteiger partial charge in [0.1, 0.15) is 0 Å². The number of aliphatic hydroxyl groups excluding tert-OH is 1. The van der Waals surface area contributed by atoms with Gasteiger partial charge in [0.05, 0.1) is 12.2 Å². The van der Waals surface area contributed by atoms with Crippen molar-refractivity contribution in [2.45, 2.75) is 100 Å². The first-order chi connectivity index (χ1) is 11.9. The Morgan fingerprint density at radius 2 is 1.56 bits per heavy atom. The molecule has 0 spiro atoms. The molecule has 0 aliphatic carbocycles. The van der Waals surface area contributed by atoms with E-state index in [1.54, 1.807) is 13.2 Å². The quantitative estimate of drug-likeness (QED) is 0.498. The van der Waals surface area contributed by atoms with E-state index in [0.717, 1.165) is 18.4 Å². The van der Waals surface area contributed by atoms with Crippen molar-refractivity contribution < 1.29 is 9.84 Å². The number of rotatable bonds is 9. The average Bonchev–Trinajstić information content (AvgIpc) is 2.66. The van der Waals surface area contributed by atoms with E-state index in [0.29, 0.717) is 5.92 Å². The second-order valence-electron chi connectivity index (χ2n) is 5.43. The van der Waals surface area contributed by atoms with Gasteiger partial charge in [0.25, 0.3) is 0 Å². The molecule has 3 nitrogen and oxygen atoms in total. The Morgan fingerprint density at radius 1 is 1.12 bits per heavy atom. The van der Waals surface area contributed by atoms with Crippen LogP contribution in [0, 0.1) is 11.8 Å². The molecule has 4 atom stereocenters. The predicted octanol–water partition coefficient (Wildman–Crippen LogP) is 5.97. The first kappa shape index (κ1) is 32.1. The lowest BCUT2D eigenvalue weighted by atomic mass is 9.80. The van der Waals surface area contributed by atoms with Crippen LogP contribution in [0.2, 0.25) is 0 Å². The Balaban J connectivity index is -0.000000329. The molecular weight excluding hydrogens is 310 g/mol. The number of hydrogen-bond donors (Lipinski definition) is 2. The molecule has 0 aromatic heterocycles. The van der Waals surface area contributed by atoms with Gasteiger partial charge in [-0.1, -0.05) is 81.0 Å². The van der Waals surface area contributed by atoms with Crippen LogP contribution >= 0.6 is 0 Å². The van der Waals surface area contributed by atoms with Gasteiger partial charge in [0.15, 0.2) is 0 Å². The molecule has 0 rings (SSSR count). The molecule has 0 amide bonds. The zero-order valence-corrected chi connectivity index (χ0v) is 19.1. The second kappa shape index (κ2) is 23.4. The lowest BCUT2D eigenvalue weighted by Crippen LogP contribution is -2.41. The summed E-state index contributed by atoms with van der Waals surface area (Å²) in [6, 6.07) is -0.0556. The Labute approximate surface area is 159 Å². The molecule has 3 N–H and O–H groups in total. The van der Waals surface area contributed by atoms with Crippen molar-refractivity contribution in [2.24, 2.45) is 17.6 Å². The number of nitrogens with two attached hydrogens (primary N) is 1. The summed E-state index contributed by atoms with van der Waals surface area (Å²) in [6.45, 7) is 24.0. The van der Waals surface area contributed by atoms with Crippen molar-refractivity contribution in [3.63, 3.8) is 0 Å². The second-order valence-corrected chi connectivity index (χ2v) is 5.43. The number of hydrogen-bond acceptors (Lipinski definition) is 3. The lowest BCUT2D eigenvalue weighted by Gasteiger charge is -2.32. The molecule has 3 heteroatoms. The monoisotopic (exact) mass is 359 g/mol. The zero-order valence-electron chi connectivity index (χ0n) is 19.1. The van der Waals surface area contributed by atoms with Crippen LogP contribution in [0.15, 0.2) is 24.3 Å². The third-order valence-corrected chi connectivity index (χ3v) is 3.90. The van der Waals surface area contributed by atoms with Gasteiger partial charge in [-0.2, -0.15) is 0 Å². The molecule has 0 heterocycles. The van der Waals surface area contributed by atoms with E-state index >= 15 is 0 Å². The summed E-state index contributed by atoms with van der Waals surface area (Å²) in [5, 5.41) is 10.5. The van der Waals surface area contributed by atoms with Crippen LogP contribution in [0.1, 0.15) is 82.1 Å². The molecule has 0 aliphatic rings.